The van der Waals surface area contributed by atoms with Gasteiger partial charge in [0.1, 0.15) is 17.3 Å². The van der Waals surface area contributed by atoms with Crippen LogP contribution in [0.4, 0.5) is 0 Å². The Labute approximate surface area is 185 Å². The van der Waals surface area contributed by atoms with E-state index in [2.05, 4.69) is 5.32 Å². The number of hydrogen-bond acceptors (Lipinski definition) is 5. The molecular formula is C25H23N3O4. The monoisotopic (exact) mass is 429 g/mol. The molecule has 1 amide bonds. The predicted octanol–water partition coefficient (Wildman–Crippen LogP) is 3.38. The van der Waals surface area contributed by atoms with Crippen LogP contribution in [-0.2, 0) is 6.42 Å². The Hall–Kier alpha value is -4.13. The Morgan fingerprint density at radius 1 is 0.938 bits per heavy atom. The van der Waals surface area contributed by atoms with E-state index in [1.165, 1.54) is 7.11 Å². The number of methoxy groups -OCH3 is 2. The van der Waals surface area contributed by atoms with Crippen molar-refractivity contribution in [3.05, 3.63) is 94.5 Å². The molecule has 0 fully saturated rings. The number of hydrogen-bond donors (Lipinski definition) is 1. The van der Waals surface area contributed by atoms with Crippen molar-refractivity contribution >= 4 is 16.8 Å². The van der Waals surface area contributed by atoms with Gasteiger partial charge in [-0.1, -0.05) is 24.3 Å². The van der Waals surface area contributed by atoms with E-state index in [0.29, 0.717) is 52.4 Å². The van der Waals surface area contributed by atoms with Crippen molar-refractivity contribution in [2.75, 3.05) is 20.8 Å². The molecule has 0 unspecified atom stereocenters. The quantitative estimate of drug-likeness (QED) is 0.487. The highest BCUT2D eigenvalue weighted by molar-refractivity contribution is 5.96. The van der Waals surface area contributed by atoms with Gasteiger partial charge in [0.2, 0.25) is 0 Å². The smallest absolute Gasteiger partial charge is 0.265 e. The van der Waals surface area contributed by atoms with Crippen LogP contribution in [-0.4, -0.2) is 36.2 Å². The molecule has 7 nitrogen and oxygen atoms in total. The molecule has 0 spiro atoms. The fourth-order valence-corrected chi connectivity index (χ4v) is 3.56. The van der Waals surface area contributed by atoms with Crippen LogP contribution < -0.4 is 20.3 Å². The van der Waals surface area contributed by atoms with Gasteiger partial charge >= 0.3 is 0 Å². The van der Waals surface area contributed by atoms with Crippen LogP contribution in [0.25, 0.3) is 16.6 Å². The lowest BCUT2D eigenvalue weighted by Crippen LogP contribution is -2.30. The summed E-state index contributed by atoms with van der Waals surface area (Å²) >= 11 is 0. The third kappa shape index (κ3) is 4.18. The Balaban J connectivity index is 1.65. The van der Waals surface area contributed by atoms with E-state index in [9.17, 15) is 9.59 Å². The molecule has 0 bridgehead atoms. The molecule has 1 N–H and O–H groups in total. The molecule has 0 aliphatic heterocycles. The summed E-state index contributed by atoms with van der Waals surface area (Å²) in [4.78, 5) is 30.6. The molecule has 1 heterocycles. The van der Waals surface area contributed by atoms with Gasteiger partial charge in [-0.05, 0) is 48.5 Å². The lowest BCUT2D eigenvalue weighted by atomic mass is 10.2. The first kappa shape index (κ1) is 21.1. The summed E-state index contributed by atoms with van der Waals surface area (Å²) in [5, 5.41) is 3.42. The fourth-order valence-electron chi connectivity index (χ4n) is 3.56. The van der Waals surface area contributed by atoms with Crippen LogP contribution in [0, 0.1) is 0 Å². The topological polar surface area (TPSA) is 82.4 Å². The zero-order valence-electron chi connectivity index (χ0n) is 17.9. The number of benzene rings is 3. The van der Waals surface area contributed by atoms with Gasteiger partial charge in [0.25, 0.3) is 11.5 Å². The van der Waals surface area contributed by atoms with Crippen molar-refractivity contribution < 1.29 is 14.3 Å². The van der Waals surface area contributed by atoms with Crippen LogP contribution in [0.2, 0.25) is 0 Å². The number of aromatic nitrogens is 2. The minimum Gasteiger partial charge on any atom is -0.497 e. The van der Waals surface area contributed by atoms with E-state index in [0.717, 1.165) is 0 Å². The molecule has 4 aromatic rings. The molecule has 162 valence electrons. The SMILES string of the molecule is COc1ccc(-n2c(CCNC(=O)c3ccccc3OC)nc3ccccc3c2=O)cc1. The first-order chi connectivity index (χ1) is 15.6. The molecule has 32 heavy (non-hydrogen) atoms. The second kappa shape index (κ2) is 9.34. The summed E-state index contributed by atoms with van der Waals surface area (Å²) in [6, 6.07) is 21.5. The molecule has 7 heteroatoms. The molecule has 0 aliphatic carbocycles. The third-order valence-electron chi connectivity index (χ3n) is 5.16. The van der Waals surface area contributed by atoms with Gasteiger partial charge in [0.15, 0.2) is 0 Å². The lowest BCUT2D eigenvalue weighted by Gasteiger charge is -2.15. The maximum absolute atomic E-state index is 13.3. The fraction of sp³-hybridized carbons (Fsp3) is 0.160. The average Bonchev–Trinajstić information content (AvgIpc) is 2.84. The molecule has 0 saturated carbocycles. The largest absolute Gasteiger partial charge is 0.497 e. The summed E-state index contributed by atoms with van der Waals surface area (Å²) in [7, 11) is 3.12. The summed E-state index contributed by atoms with van der Waals surface area (Å²) < 4.78 is 12.1. The summed E-state index contributed by atoms with van der Waals surface area (Å²) in [5.41, 5.74) is 1.59. The first-order valence-corrected chi connectivity index (χ1v) is 10.2. The molecular weight excluding hydrogens is 406 g/mol. The van der Waals surface area contributed by atoms with E-state index >= 15 is 0 Å². The highest BCUT2D eigenvalue weighted by Gasteiger charge is 2.15. The van der Waals surface area contributed by atoms with Crippen molar-refractivity contribution in [3.8, 4) is 17.2 Å². The van der Waals surface area contributed by atoms with Crippen molar-refractivity contribution in [1.29, 1.82) is 0 Å². The second-order valence-electron chi connectivity index (χ2n) is 7.09. The van der Waals surface area contributed by atoms with E-state index < -0.39 is 0 Å². The number of para-hydroxylation sites is 2. The summed E-state index contributed by atoms with van der Waals surface area (Å²) in [5.74, 6) is 1.51. The van der Waals surface area contributed by atoms with Gasteiger partial charge < -0.3 is 14.8 Å². The standard InChI is InChI=1S/C25H23N3O4/c1-31-18-13-11-17(12-14-18)28-23(27-21-9-5-3-7-19(21)25(28)30)15-16-26-24(29)20-8-4-6-10-22(20)32-2/h3-14H,15-16H2,1-2H3,(H,26,29). The van der Waals surface area contributed by atoms with Crippen molar-refractivity contribution in [2.45, 2.75) is 6.42 Å². The number of nitrogens with zero attached hydrogens (tertiary/aromatic N) is 2. The third-order valence-corrected chi connectivity index (χ3v) is 5.16. The van der Waals surface area contributed by atoms with Gasteiger partial charge in [-0.3, -0.25) is 14.2 Å². The van der Waals surface area contributed by atoms with Crippen LogP contribution in [0.15, 0.2) is 77.6 Å². The van der Waals surface area contributed by atoms with Gasteiger partial charge in [-0.15, -0.1) is 0 Å². The Bertz CT molecular complexity index is 1310. The summed E-state index contributed by atoms with van der Waals surface area (Å²) in [6.45, 7) is 0.303. The lowest BCUT2D eigenvalue weighted by molar-refractivity contribution is 0.0951. The number of carbonyl (C=O) groups excluding carboxylic acids is 1. The van der Waals surface area contributed by atoms with E-state index in [1.807, 2.05) is 36.4 Å². The van der Waals surface area contributed by atoms with Crippen LogP contribution in [0.5, 0.6) is 11.5 Å². The highest BCUT2D eigenvalue weighted by Crippen LogP contribution is 2.18. The van der Waals surface area contributed by atoms with Crippen LogP contribution >= 0.6 is 0 Å². The Morgan fingerprint density at radius 3 is 2.41 bits per heavy atom. The normalized spacial score (nSPS) is 10.7. The van der Waals surface area contributed by atoms with E-state index in [-0.39, 0.29) is 11.5 Å². The summed E-state index contributed by atoms with van der Waals surface area (Å²) in [6.07, 6.45) is 0.368. The highest BCUT2D eigenvalue weighted by atomic mass is 16.5. The molecule has 0 saturated heterocycles. The zero-order chi connectivity index (χ0) is 22.5. The first-order valence-electron chi connectivity index (χ1n) is 10.2. The second-order valence-corrected chi connectivity index (χ2v) is 7.09. The van der Waals surface area contributed by atoms with Crippen LogP contribution in [0.3, 0.4) is 0 Å². The molecule has 4 rings (SSSR count). The number of ether oxygens (including phenoxy) is 2. The van der Waals surface area contributed by atoms with Crippen LogP contribution in [0.1, 0.15) is 16.2 Å². The number of amides is 1. The Kier molecular flexibility index (Phi) is 6.17. The van der Waals surface area contributed by atoms with Crippen molar-refractivity contribution in [2.24, 2.45) is 0 Å². The Morgan fingerprint density at radius 2 is 1.66 bits per heavy atom. The molecule has 0 radical (unpaired) electrons. The predicted molar refractivity (Wildman–Crippen MR) is 123 cm³/mol. The van der Waals surface area contributed by atoms with Crippen molar-refractivity contribution in [1.82, 2.24) is 14.9 Å². The van der Waals surface area contributed by atoms with Crippen molar-refractivity contribution in [3.63, 3.8) is 0 Å². The number of fused-ring (bicyclic) bond motifs is 1. The van der Waals surface area contributed by atoms with Gasteiger partial charge in [-0.25, -0.2) is 4.98 Å². The van der Waals surface area contributed by atoms with E-state index in [4.69, 9.17) is 14.5 Å². The minimum absolute atomic E-state index is 0.160. The average molecular weight is 429 g/mol. The number of carbonyl (C=O) groups is 1. The van der Waals surface area contributed by atoms with E-state index in [1.54, 1.807) is 48.1 Å². The molecule has 1 aromatic heterocycles. The minimum atomic E-state index is -0.249. The van der Waals surface area contributed by atoms with Gasteiger partial charge in [0, 0.05) is 13.0 Å². The molecule has 0 aliphatic rings. The van der Waals surface area contributed by atoms with Gasteiger partial charge in [-0.2, -0.15) is 0 Å². The number of rotatable bonds is 7. The molecule has 3 aromatic carbocycles. The maximum atomic E-state index is 13.3. The maximum Gasteiger partial charge on any atom is 0.265 e. The van der Waals surface area contributed by atoms with Gasteiger partial charge in [0.05, 0.1) is 36.4 Å². The molecule has 0 atom stereocenters. The number of nitrogens with one attached hydrogen (secondary N) is 1. The zero-order valence-corrected chi connectivity index (χ0v) is 17.9.